The molecule has 0 aliphatic rings. The number of fused-ring (bicyclic) bond motifs is 1. The number of aromatic carboxylic acids is 1. The first kappa shape index (κ1) is 20.5. The Kier molecular flexibility index (Phi) is 6.73. The largest absolute Gasteiger partial charge is 0.484 e. The van der Waals surface area contributed by atoms with Crippen molar-refractivity contribution in [2.24, 2.45) is 5.10 Å². The van der Waals surface area contributed by atoms with Gasteiger partial charge in [0.1, 0.15) is 5.75 Å². The van der Waals surface area contributed by atoms with Crippen LogP contribution in [0.3, 0.4) is 0 Å². The van der Waals surface area contributed by atoms with Crippen LogP contribution in [0.25, 0.3) is 10.8 Å². The van der Waals surface area contributed by atoms with Crippen LogP contribution in [0.5, 0.6) is 5.75 Å². The molecule has 0 unspecified atom stereocenters. The van der Waals surface area contributed by atoms with Gasteiger partial charge in [0.05, 0.1) is 18.3 Å². The van der Waals surface area contributed by atoms with Crippen LogP contribution in [0.1, 0.15) is 15.9 Å². The van der Waals surface area contributed by atoms with Gasteiger partial charge in [-0.2, -0.15) is 5.10 Å². The Hall–Kier alpha value is -4.20. The molecule has 0 aromatic heterocycles. The molecule has 0 atom stereocenters. The first-order valence-corrected chi connectivity index (χ1v) is 9.05. The zero-order chi connectivity index (χ0) is 21.3. The Morgan fingerprint density at radius 1 is 0.933 bits per heavy atom. The standard InChI is InChI=1S/C22H19N3O5/c26-20(25-24-12-15-5-7-17(8-6-15)22(28)29)13-23-21(27)14-30-19-10-9-16-3-1-2-4-18(16)11-19/h1-12H,13-14H2,(H,23,27)(H,25,26)(H,28,29). The number of hydrazone groups is 1. The molecule has 30 heavy (non-hydrogen) atoms. The molecule has 0 bridgehead atoms. The molecular weight excluding hydrogens is 386 g/mol. The zero-order valence-electron chi connectivity index (χ0n) is 15.9. The number of carboxylic acid groups (broad SMARTS) is 1. The Balaban J connectivity index is 1.39. The SMILES string of the molecule is O=C(COc1ccc2ccccc2c1)NCC(=O)NN=Cc1ccc(C(=O)O)cc1. The van der Waals surface area contributed by atoms with Gasteiger partial charge in [0, 0.05) is 0 Å². The normalized spacial score (nSPS) is 10.7. The van der Waals surface area contributed by atoms with Gasteiger partial charge in [0.25, 0.3) is 11.8 Å². The van der Waals surface area contributed by atoms with Crippen molar-refractivity contribution in [1.29, 1.82) is 0 Å². The summed E-state index contributed by atoms with van der Waals surface area (Å²) in [4.78, 5) is 34.4. The number of amides is 2. The number of ether oxygens (including phenoxy) is 1. The molecule has 152 valence electrons. The molecule has 8 nitrogen and oxygen atoms in total. The Bertz CT molecular complexity index is 1090. The van der Waals surface area contributed by atoms with Crippen LogP contribution < -0.4 is 15.5 Å². The van der Waals surface area contributed by atoms with Crippen molar-refractivity contribution in [3.8, 4) is 5.75 Å². The van der Waals surface area contributed by atoms with Gasteiger partial charge in [-0.15, -0.1) is 0 Å². The maximum Gasteiger partial charge on any atom is 0.335 e. The second-order valence-electron chi connectivity index (χ2n) is 6.29. The molecule has 0 aliphatic heterocycles. The molecule has 0 saturated carbocycles. The Morgan fingerprint density at radius 3 is 2.40 bits per heavy atom. The smallest absolute Gasteiger partial charge is 0.335 e. The summed E-state index contributed by atoms with van der Waals surface area (Å²) in [6.07, 6.45) is 1.37. The molecule has 0 heterocycles. The fourth-order valence-corrected chi connectivity index (χ4v) is 2.57. The number of nitrogens with one attached hydrogen (secondary N) is 2. The van der Waals surface area contributed by atoms with E-state index in [1.165, 1.54) is 18.3 Å². The van der Waals surface area contributed by atoms with Crippen molar-refractivity contribution in [2.75, 3.05) is 13.2 Å². The van der Waals surface area contributed by atoms with Crippen LogP contribution in [0.15, 0.2) is 71.8 Å². The minimum absolute atomic E-state index is 0.157. The van der Waals surface area contributed by atoms with E-state index in [-0.39, 0.29) is 18.7 Å². The third-order valence-electron chi connectivity index (χ3n) is 4.10. The van der Waals surface area contributed by atoms with Crippen molar-refractivity contribution in [2.45, 2.75) is 0 Å². The molecule has 0 spiro atoms. The summed E-state index contributed by atoms with van der Waals surface area (Å²) in [5, 5.41) is 17.1. The second kappa shape index (κ2) is 9.83. The number of hydrogen-bond donors (Lipinski definition) is 3. The summed E-state index contributed by atoms with van der Waals surface area (Å²) < 4.78 is 5.46. The molecule has 3 aromatic carbocycles. The van der Waals surface area contributed by atoms with E-state index in [0.717, 1.165) is 10.8 Å². The molecule has 3 aromatic rings. The second-order valence-corrected chi connectivity index (χ2v) is 6.29. The van der Waals surface area contributed by atoms with Gasteiger partial charge in [-0.05, 0) is 40.6 Å². The van der Waals surface area contributed by atoms with Crippen LogP contribution in [0.2, 0.25) is 0 Å². The molecule has 2 amide bonds. The number of benzene rings is 3. The molecule has 3 rings (SSSR count). The highest BCUT2D eigenvalue weighted by Crippen LogP contribution is 2.20. The van der Waals surface area contributed by atoms with Gasteiger partial charge in [-0.1, -0.05) is 42.5 Å². The highest BCUT2D eigenvalue weighted by Gasteiger charge is 2.06. The minimum atomic E-state index is -1.02. The van der Waals surface area contributed by atoms with Crippen LogP contribution in [0.4, 0.5) is 0 Å². The van der Waals surface area contributed by atoms with Gasteiger partial charge >= 0.3 is 5.97 Å². The average Bonchev–Trinajstić information content (AvgIpc) is 2.76. The van der Waals surface area contributed by atoms with Gasteiger partial charge in [0.15, 0.2) is 6.61 Å². The van der Waals surface area contributed by atoms with Crippen LogP contribution in [-0.4, -0.2) is 42.3 Å². The molecule has 0 radical (unpaired) electrons. The molecule has 3 N–H and O–H groups in total. The first-order valence-electron chi connectivity index (χ1n) is 9.05. The van der Waals surface area contributed by atoms with Gasteiger partial charge in [-0.3, -0.25) is 9.59 Å². The van der Waals surface area contributed by atoms with E-state index < -0.39 is 17.8 Å². The Morgan fingerprint density at radius 2 is 1.67 bits per heavy atom. The van der Waals surface area contributed by atoms with E-state index >= 15 is 0 Å². The monoisotopic (exact) mass is 405 g/mol. The van der Waals surface area contributed by atoms with Gasteiger partial charge < -0.3 is 15.2 Å². The van der Waals surface area contributed by atoms with Crippen molar-refractivity contribution in [1.82, 2.24) is 10.7 Å². The van der Waals surface area contributed by atoms with E-state index in [1.807, 2.05) is 36.4 Å². The van der Waals surface area contributed by atoms with Crippen molar-refractivity contribution < 1.29 is 24.2 Å². The number of rotatable bonds is 8. The highest BCUT2D eigenvalue weighted by atomic mass is 16.5. The average molecular weight is 405 g/mol. The summed E-state index contributed by atoms with van der Waals surface area (Å²) in [5.41, 5.74) is 3.05. The number of nitrogens with zero attached hydrogens (tertiary/aromatic N) is 1. The molecular formula is C22H19N3O5. The lowest BCUT2D eigenvalue weighted by Gasteiger charge is -2.08. The molecule has 0 aliphatic carbocycles. The fourth-order valence-electron chi connectivity index (χ4n) is 2.57. The number of carbonyl (C=O) groups excluding carboxylic acids is 2. The van der Waals surface area contributed by atoms with E-state index in [4.69, 9.17) is 9.84 Å². The lowest BCUT2D eigenvalue weighted by atomic mass is 10.1. The summed E-state index contributed by atoms with van der Waals surface area (Å²) in [5.74, 6) is -1.40. The van der Waals surface area contributed by atoms with E-state index in [1.54, 1.807) is 18.2 Å². The van der Waals surface area contributed by atoms with Crippen LogP contribution >= 0.6 is 0 Å². The fraction of sp³-hybridized carbons (Fsp3) is 0.0909. The number of hydrogen-bond acceptors (Lipinski definition) is 5. The van der Waals surface area contributed by atoms with Crippen molar-refractivity contribution >= 4 is 34.8 Å². The lowest BCUT2D eigenvalue weighted by molar-refractivity contribution is -0.127. The summed E-state index contributed by atoms with van der Waals surface area (Å²) in [6.45, 7) is -0.472. The zero-order valence-corrected chi connectivity index (χ0v) is 15.9. The lowest BCUT2D eigenvalue weighted by Crippen LogP contribution is -2.37. The number of carbonyl (C=O) groups is 3. The Labute approximate surface area is 172 Å². The van der Waals surface area contributed by atoms with E-state index in [2.05, 4.69) is 15.8 Å². The van der Waals surface area contributed by atoms with Crippen LogP contribution in [0, 0.1) is 0 Å². The summed E-state index contributed by atoms with van der Waals surface area (Å²) >= 11 is 0. The molecule has 8 heteroatoms. The maximum absolute atomic E-state index is 11.9. The molecule has 0 saturated heterocycles. The summed E-state index contributed by atoms with van der Waals surface area (Å²) in [6, 6.07) is 19.3. The van der Waals surface area contributed by atoms with E-state index in [9.17, 15) is 14.4 Å². The maximum atomic E-state index is 11.9. The van der Waals surface area contributed by atoms with Crippen LogP contribution in [-0.2, 0) is 9.59 Å². The van der Waals surface area contributed by atoms with Crippen molar-refractivity contribution in [3.05, 3.63) is 77.9 Å². The van der Waals surface area contributed by atoms with Crippen molar-refractivity contribution in [3.63, 3.8) is 0 Å². The highest BCUT2D eigenvalue weighted by molar-refractivity contribution is 5.90. The quantitative estimate of drug-likeness (QED) is 0.392. The predicted octanol–water partition coefficient (Wildman–Crippen LogP) is 2.18. The van der Waals surface area contributed by atoms with Gasteiger partial charge in [0.2, 0.25) is 0 Å². The van der Waals surface area contributed by atoms with E-state index in [0.29, 0.717) is 11.3 Å². The third-order valence-corrected chi connectivity index (χ3v) is 4.10. The predicted molar refractivity (Wildman–Crippen MR) is 112 cm³/mol. The summed E-state index contributed by atoms with van der Waals surface area (Å²) in [7, 11) is 0. The molecule has 0 fully saturated rings. The number of carboxylic acids is 1. The topological polar surface area (TPSA) is 117 Å². The minimum Gasteiger partial charge on any atom is -0.484 e. The van der Waals surface area contributed by atoms with Gasteiger partial charge in [-0.25, -0.2) is 10.2 Å². The third kappa shape index (κ3) is 5.90. The first-order chi connectivity index (χ1) is 14.5.